The van der Waals surface area contributed by atoms with Crippen LogP contribution in [-0.2, 0) is 0 Å². The van der Waals surface area contributed by atoms with Crippen molar-refractivity contribution in [3.63, 3.8) is 0 Å². The quantitative estimate of drug-likeness (QED) is 0.401. The lowest BCUT2D eigenvalue weighted by molar-refractivity contribution is 0.0686. The van der Waals surface area contributed by atoms with Crippen molar-refractivity contribution in [2.24, 2.45) is 0 Å². The number of rotatable bonds is 5. The highest BCUT2D eigenvalue weighted by Gasteiger charge is 2.08. The normalized spacial score (nSPS) is 10.6. The second kappa shape index (κ2) is 8.28. The Morgan fingerprint density at radius 2 is 0.871 bits per heavy atom. The number of benzene rings is 4. The van der Waals surface area contributed by atoms with Gasteiger partial charge in [-0.25, -0.2) is 9.59 Å². The minimum atomic E-state index is -0.932. The zero-order valence-electron chi connectivity index (χ0n) is 16.9. The fraction of sp³-hybridized carbons (Fsp3) is 0.0370. The molecule has 31 heavy (non-hydrogen) atoms. The number of hydrogen-bond donors (Lipinski definition) is 2. The highest BCUT2D eigenvalue weighted by atomic mass is 16.4. The van der Waals surface area contributed by atoms with Crippen LogP contribution in [0.2, 0.25) is 0 Å². The number of hydrogen-bond acceptors (Lipinski definition) is 2. The zero-order chi connectivity index (χ0) is 22.0. The topological polar surface area (TPSA) is 74.6 Å². The Labute approximate surface area is 180 Å². The molecule has 2 N–H and O–H groups in total. The van der Waals surface area contributed by atoms with Crippen LogP contribution < -0.4 is 0 Å². The molecule has 0 aliphatic heterocycles. The standard InChI is InChI=1S/C27H20O4/c1-17-16-24(14-15-25(17)21-8-12-23(13-9-21)27(30)31)20-4-2-18(3-5-20)19-6-10-22(11-7-19)26(28)29/h2-16H,1H3,(H,28,29)(H,30,31). The third-order valence-corrected chi connectivity index (χ3v) is 5.35. The van der Waals surface area contributed by atoms with Crippen LogP contribution in [0.5, 0.6) is 0 Å². The minimum Gasteiger partial charge on any atom is -0.478 e. The van der Waals surface area contributed by atoms with Gasteiger partial charge in [-0.05, 0) is 70.1 Å². The average molecular weight is 408 g/mol. The molecule has 0 fully saturated rings. The van der Waals surface area contributed by atoms with E-state index in [2.05, 4.69) is 30.3 Å². The number of carboxylic acid groups (broad SMARTS) is 2. The third-order valence-electron chi connectivity index (χ3n) is 5.35. The number of carboxylic acids is 2. The molecule has 4 rings (SSSR count). The SMILES string of the molecule is Cc1cc(-c2ccc(-c3ccc(C(=O)O)cc3)cc2)ccc1-c1ccc(C(=O)O)cc1. The van der Waals surface area contributed by atoms with Gasteiger partial charge in [0.25, 0.3) is 0 Å². The Balaban J connectivity index is 1.58. The first-order chi connectivity index (χ1) is 14.9. The van der Waals surface area contributed by atoms with Crippen LogP contribution in [-0.4, -0.2) is 22.2 Å². The van der Waals surface area contributed by atoms with E-state index in [1.54, 1.807) is 24.3 Å². The first-order valence-electron chi connectivity index (χ1n) is 9.81. The summed E-state index contributed by atoms with van der Waals surface area (Å²) in [5, 5.41) is 18.1. The predicted octanol–water partition coefficient (Wildman–Crippen LogP) is 6.39. The van der Waals surface area contributed by atoms with Crippen molar-refractivity contribution in [2.75, 3.05) is 0 Å². The molecule has 0 atom stereocenters. The Morgan fingerprint density at radius 1 is 0.516 bits per heavy atom. The lowest BCUT2D eigenvalue weighted by atomic mass is 9.94. The molecule has 0 saturated heterocycles. The second-order valence-electron chi connectivity index (χ2n) is 7.37. The van der Waals surface area contributed by atoms with E-state index < -0.39 is 11.9 Å². The van der Waals surface area contributed by atoms with E-state index in [0.29, 0.717) is 0 Å². The Kier molecular flexibility index (Phi) is 5.37. The summed E-state index contributed by atoms with van der Waals surface area (Å²) in [5.41, 5.74) is 7.86. The molecule has 0 aromatic heterocycles. The molecule has 4 aromatic rings. The monoisotopic (exact) mass is 408 g/mol. The molecule has 152 valence electrons. The summed E-state index contributed by atoms with van der Waals surface area (Å²) in [7, 11) is 0. The molecule has 4 aromatic carbocycles. The molecule has 4 nitrogen and oxygen atoms in total. The summed E-state index contributed by atoms with van der Waals surface area (Å²) >= 11 is 0. The maximum Gasteiger partial charge on any atom is 0.335 e. The first-order valence-corrected chi connectivity index (χ1v) is 9.81. The van der Waals surface area contributed by atoms with Crippen LogP contribution in [0.4, 0.5) is 0 Å². The van der Waals surface area contributed by atoms with E-state index in [1.807, 2.05) is 43.3 Å². The predicted molar refractivity (Wildman–Crippen MR) is 121 cm³/mol. The van der Waals surface area contributed by atoms with Crippen LogP contribution in [0.3, 0.4) is 0 Å². The van der Waals surface area contributed by atoms with Gasteiger partial charge in [0.2, 0.25) is 0 Å². The molecule has 0 radical (unpaired) electrons. The molecule has 4 heteroatoms. The fourth-order valence-corrected chi connectivity index (χ4v) is 3.62. The summed E-state index contributed by atoms with van der Waals surface area (Å²) in [4.78, 5) is 22.1. The minimum absolute atomic E-state index is 0.272. The van der Waals surface area contributed by atoms with E-state index in [-0.39, 0.29) is 11.1 Å². The highest BCUT2D eigenvalue weighted by molar-refractivity contribution is 5.89. The van der Waals surface area contributed by atoms with Crippen molar-refractivity contribution in [3.05, 3.63) is 108 Å². The van der Waals surface area contributed by atoms with Crippen molar-refractivity contribution in [3.8, 4) is 33.4 Å². The second-order valence-corrected chi connectivity index (χ2v) is 7.37. The Bertz CT molecular complexity index is 1250. The van der Waals surface area contributed by atoms with Gasteiger partial charge >= 0.3 is 11.9 Å². The van der Waals surface area contributed by atoms with Gasteiger partial charge in [-0.2, -0.15) is 0 Å². The zero-order valence-corrected chi connectivity index (χ0v) is 16.9. The maximum atomic E-state index is 11.1. The van der Waals surface area contributed by atoms with Crippen LogP contribution >= 0.6 is 0 Å². The van der Waals surface area contributed by atoms with Gasteiger partial charge in [-0.15, -0.1) is 0 Å². The van der Waals surface area contributed by atoms with Gasteiger partial charge in [-0.1, -0.05) is 66.7 Å². The molecule has 0 saturated carbocycles. The largest absolute Gasteiger partial charge is 0.478 e. The maximum absolute atomic E-state index is 11.1. The summed E-state index contributed by atoms with van der Waals surface area (Å²) < 4.78 is 0. The lowest BCUT2D eigenvalue weighted by Gasteiger charge is -2.10. The smallest absolute Gasteiger partial charge is 0.335 e. The van der Waals surface area contributed by atoms with E-state index in [1.165, 1.54) is 0 Å². The third kappa shape index (κ3) is 4.23. The van der Waals surface area contributed by atoms with Crippen molar-refractivity contribution >= 4 is 11.9 Å². The van der Waals surface area contributed by atoms with Gasteiger partial charge in [0.1, 0.15) is 0 Å². The van der Waals surface area contributed by atoms with Gasteiger partial charge in [0.05, 0.1) is 11.1 Å². The molecular formula is C27H20O4. The van der Waals surface area contributed by atoms with Gasteiger partial charge in [-0.3, -0.25) is 0 Å². The van der Waals surface area contributed by atoms with Gasteiger partial charge in [0.15, 0.2) is 0 Å². The Hall–Kier alpha value is -4.18. The van der Waals surface area contributed by atoms with Gasteiger partial charge < -0.3 is 10.2 Å². The van der Waals surface area contributed by atoms with Crippen LogP contribution in [0.15, 0.2) is 91.0 Å². The summed E-state index contributed by atoms with van der Waals surface area (Å²) in [5.74, 6) is -1.86. The number of carbonyl (C=O) groups is 2. The molecule has 0 heterocycles. The molecule has 0 bridgehead atoms. The summed E-state index contributed by atoms with van der Waals surface area (Å²) in [6.07, 6.45) is 0. The van der Waals surface area contributed by atoms with E-state index >= 15 is 0 Å². The lowest BCUT2D eigenvalue weighted by Crippen LogP contribution is -1.95. The average Bonchev–Trinajstić information content (AvgIpc) is 2.79. The fourth-order valence-electron chi connectivity index (χ4n) is 3.62. The van der Waals surface area contributed by atoms with E-state index in [0.717, 1.165) is 38.9 Å². The van der Waals surface area contributed by atoms with Crippen LogP contribution in [0.25, 0.3) is 33.4 Å². The Morgan fingerprint density at radius 3 is 1.29 bits per heavy atom. The molecule has 0 aliphatic rings. The molecule has 0 amide bonds. The van der Waals surface area contributed by atoms with E-state index in [9.17, 15) is 9.59 Å². The molecular weight excluding hydrogens is 388 g/mol. The molecule has 0 spiro atoms. The summed E-state index contributed by atoms with van der Waals surface area (Å²) in [6, 6.07) is 28.1. The van der Waals surface area contributed by atoms with Crippen LogP contribution in [0.1, 0.15) is 26.3 Å². The van der Waals surface area contributed by atoms with Gasteiger partial charge in [0, 0.05) is 0 Å². The number of aromatic carboxylic acids is 2. The van der Waals surface area contributed by atoms with Crippen molar-refractivity contribution in [1.82, 2.24) is 0 Å². The van der Waals surface area contributed by atoms with Crippen molar-refractivity contribution < 1.29 is 19.8 Å². The highest BCUT2D eigenvalue weighted by Crippen LogP contribution is 2.30. The van der Waals surface area contributed by atoms with Crippen molar-refractivity contribution in [2.45, 2.75) is 6.92 Å². The molecule has 0 unspecified atom stereocenters. The first kappa shape index (κ1) is 20.1. The van der Waals surface area contributed by atoms with Crippen molar-refractivity contribution in [1.29, 1.82) is 0 Å². The van der Waals surface area contributed by atoms with E-state index in [4.69, 9.17) is 10.2 Å². The summed E-state index contributed by atoms with van der Waals surface area (Å²) in [6.45, 7) is 2.04. The molecule has 0 aliphatic carbocycles. The van der Waals surface area contributed by atoms with Crippen LogP contribution in [0, 0.1) is 6.92 Å². The number of aryl methyl sites for hydroxylation is 1.